The average molecular weight is 400 g/mol. The Bertz CT molecular complexity index is 1200. The summed E-state index contributed by atoms with van der Waals surface area (Å²) in [5.41, 5.74) is 4.14. The van der Waals surface area contributed by atoms with Gasteiger partial charge in [0.05, 0.1) is 25.0 Å². The summed E-state index contributed by atoms with van der Waals surface area (Å²) in [4.78, 5) is 33.1. The first-order valence-electron chi connectivity index (χ1n) is 9.57. The molecule has 0 bridgehead atoms. The molecule has 7 heteroatoms. The van der Waals surface area contributed by atoms with E-state index >= 15 is 0 Å². The first-order valence-corrected chi connectivity index (χ1v) is 9.57. The van der Waals surface area contributed by atoms with Gasteiger partial charge in [-0.15, -0.1) is 0 Å². The highest BCUT2D eigenvalue weighted by Crippen LogP contribution is 2.15. The van der Waals surface area contributed by atoms with Gasteiger partial charge in [-0.05, 0) is 55.0 Å². The zero-order valence-corrected chi connectivity index (χ0v) is 16.4. The molecule has 0 fully saturated rings. The van der Waals surface area contributed by atoms with E-state index in [1.165, 1.54) is 0 Å². The molecule has 0 spiro atoms. The first kappa shape index (κ1) is 19.3. The zero-order chi connectivity index (χ0) is 20.9. The fourth-order valence-electron chi connectivity index (χ4n) is 3.11. The van der Waals surface area contributed by atoms with Gasteiger partial charge in [-0.1, -0.05) is 18.2 Å². The predicted molar refractivity (Wildman–Crippen MR) is 113 cm³/mol. The van der Waals surface area contributed by atoms with E-state index in [-0.39, 0.29) is 5.91 Å². The summed E-state index contributed by atoms with van der Waals surface area (Å²) in [6, 6.07) is 17.8. The van der Waals surface area contributed by atoms with Crippen LogP contribution in [-0.2, 0) is 11.3 Å². The number of ether oxygens (including phenoxy) is 1. The normalized spacial score (nSPS) is 10.7. The maximum absolute atomic E-state index is 12.6. The zero-order valence-electron chi connectivity index (χ0n) is 16.4. The third-order valence-electron chi connectivity index (χ3n) is 4.57. The van der Waals surface area contributed by atoms with Crippen LogP contribution in [0.5, 0.6) is 0 Å². The van der Waals surface area contributed by atoms with Gasteiger partial charge in [-0.2, -0.15) is 0 Å². The number of benzene rings is 2. The number of nitrogens with one attached hydrogen (secondary N) is 1. The summed E-state index contributed by atoms with van der Waals surface area (Å²) in [6.07, 6.45) is 3.50. The van der Waals surface area contributed by atoms with Gasteiger partial charge < -0.3 is 14.6 Å². The molecule has 30 heavy (non-hydrogen) atoms. The second-order valence-corrected chi connectivity index (χ2v) is 6.67. The number of nitrogens with zero attached hydrogens (tertiary/aromatic N) is 3. The van der Waals surface area contributed by atoms with Crippen LogP contribution in [0.4, 0.5) is 5.69 Å². The lowest BCUT2D eigenvalue weighted by molar-refractivity contribution is 0.0526. The third kappa shape index (κ3) is 4.20. The van der Waals surface area contributed by atoms with Crippen LogP contribution < -0.4 is 5.32 Å². The largest absolute Gasteiger partial charge is 0.462 e. The van der Waals surface area contributed by atoms with E-state index in [1.807, 2.05) is 28.8 Å². The molecular formula is C23H20N4O3. The number of imidazole rings is 1. The molecule has 2 heterocycles. The van der Waals surface area contributed by atoms with Gasteiger partial charge in [-0.25, -0.2) is 14.8 Å². The van der Waals surface area contributed by atoms with Crippen molar-refractivity contribution in [1.29, 1.82) is 0 Å². The van der Waals surface area contributed by atoms with Crippen LogP contribution in [0, 0.1) is 0 Å². The molecule has 0 unspecified atom stereocenters. The molecule has 0 aliphatic rings. The second kappa shape index (κ2) is 8.57. The number of amides is 1. The standard InChI is InChI=1S/C23H20N4O3/c1-2-30-23(29)18-5-3-6-19(13-18)26-22(28)17-10-8-16(9-11-17)14-27-15-25-20-7-4-12-24-21(20)27/h3-13,15H,2,14H2,1H3,(H,26,28). The van der Waals surface area contributed by atoms with Gasteiger partial charge in [0.2, 0.25) is 0 Å². The molecule has 0 aliphatic carbocycles. The number of carbonyl (C=O) groups excluding carboxylic acids is 2. The minimum Gasteiger partial charge on any atom is -0.462 e. The van der Waals surface area contributed by atoms with Crippen LogP contribution in [-0.4, -0.2) is 33.0 Å². The van der Waals surface area contributed by atoms with Crippen LogP contribution in [0.1, 0.15) is 33.2 Å². The number of pyridine rings is 1. The molecule has 0 aliphatic heterocycles. The van der Waals surface area contributed by atoms with Crippen LogP contribution >= 0.6 is 0 Å². The summed E-state index contributed by atoms with van der Waals surface area (Å²) in [5, 5.41) is 2.81. The minimum absolute atomic E-state index is 0.252. The molecule has 7 nitrogen and oxygen atoms in total. The maximum atomic E-state index is 12.6. The molecular weight excluding hydrogens is 380 g/mol. The van der Waals surface area contributed by atoms with Crippen molar-refractivity contribution < 1.29 is 14.3 Å². The summed E-state index contributed by atoms with van der Waals surface area (Å²) >= 11 is 0. The Balaban J connectivity index is 1.44. The van der Waals surface area contributed by atoms with Crippen molar-refractivity contribution >= 4 is 28.7 Å². The summed E-state index contributed by atoms with van der Waals surface area (Å²) in [5.74, 6) is -0.670. The fraction of sp³-hybridized carbons (Fsp3) is 0.130. The van der Waals surface area contributed by atoms with E-state index in [9.17, 15) is 9.59 Å². The Kier molecular flexibility index (Phi) is 5.52. The van der Waals surface area contributed by atoms with Crippen molar-refractivity contribution in [2.75, 3.05) is 11.9 Å². The number of hydrogen-bond acceptors (Lipinski definition) is 5. The predicted octanol–water partition coefficient (Wildman–Crippen LogP) is 3.91. The van der Waals surface area contributed by atoms with Crippen LogP contribution in [0.15, 0.2) is 73.2 Å². The van der Waals surface area contributed by atoms with Crippen LogP contribution in [0.25, 0.3) is 11.2 Å². The Hall–Kier alpha value is -4.00. The topological polar surface area (TPSA) is 86.1 Å². The van der Waals surface area contributed by atoms with E-state index in [0.717, 1.165) is 16.7 Å². The highest BCUT2D eigenvalue weighted by atomic mass is 16.5. The Morgan fingerprint density at radius 3 is 2.63 bits per heavy atom. The molecule has 1 N–H and O–H groups in total. The van der Waals surface area contributed by atoms with Crippen molar-refractivity contribution in [2.45, 2.75) is 13.5 Å². The Morgan fingerprint density at radius 1 is 1.00 bits per heavy atom. The van der Waals surface area contributed by atoms with E-state index in [1.54, 1.807) is 55.8 Å². The molecule has 2 aromatic heterocycles. The summed E-state index contributed by atoms with van der Waals surface area (Å²) < 4.78 is 6.96. The van der Waals surface area contributed by atoms with E-state index in [0.29, 0.717) is 30.0 Å². The van der Waals surface area contributed by atoms with Gasteiger partial charge in [-0.3, -0.25) is 4.79 Å². The number of anilines is 1. The van der Waals surface area contributed by atoms with E-state index in [4.69, 9.17) is 4.74 Å². The molecule has 0 saturated carbocycles. The summed E-state index contributed by atoms with van der Waals surface area (Å²) in [6.45, 7) is 2.66. The molecule has 0 radical (unpaired) electrons. The molecule has 150 valence electrons. The molecule has 0 saturated heterocycles. The molecule has 4 aromatic rings. The molecule has 4 rings (SSSR count). The van der Waals surface area contributed by atoms with Gasteiger partial charge in [0.25, 0.3) is 5.91 Å². The van der Waals surface area contributed by atoms with Crippen molar-refractivity contribution in [2.24, 2.45) is 0 Å². The van der Waals surface area contributed by atoms with Crippen LogP contribution in [0.2, 0.25) is 0 Å². The smallest absolute Gasteiger partial charge is 0.338 e. The number of fused-ring (bicyclic) bond motifs is 1. The molecule has 0 atom stereocenters. The number of carbonyl (C=O) groups is 2. The number of aromatic nitrogens is 3. The lowest BCUT2D eigenvalue weighted by atomic mass is 10.1. The highest BCUT2D eigenvalue weighted by Gasteiger charge is 2.10. The number of esters is 1. The maximum Gasteiger partial charge on any atom is 0.338 e. The Morgan fingerprint density at radius 2 is 1.83 bits per heavy atom. The van der Waals surface area contributed by atoms with Crippen molar-refractivity contribution in [3.05, 3.63) is 89.9 Å². The lowest BCUT2D eigenvalue weighted by Crippen LogP contribution is -2.13. The van der Waals surface area contributed by atoms with Crippen molar-refractivity contribution in [3.63, 3.8) is 0 Å². The van der Waals surface area contributed by atoms with E-state index in [2.05, 4.69) is 15.3 Å². The quantitative estimate of drug-likeness (QED) is 0.496. The van der Waals surface area contributed by atoms with Crippen molar-refractivity contribution in [3.8, 4) is 0 Å². The summed E-state index contributed by atoms with van der Waals surface area (Å²) in [7, 11) is 0. The molecule has 2 aromatic carbocycles. The van der Waals surface area contributed by atoms with Gasteiger partial charge in [0, 0.05) is 17.4 Å². The fourth-order valence-corrected chi connectivity index (χ4v) is 3.11. The molecule has 1 amide bonds. The van der Waals surface area contributed by atoms with Crippen molar-refractivity contribution in [1.82, 2.24) is 14.5 Å². The minimum atomic E-state index is -0.417. The number of rotatable bonds is 6. The Labute approximate surface area is 173 Å². The van der Waals surface area contributed by atoms with Gasteiger partial charge in [0.15, 0.2) is 5.65 Å². The van der Waals surface area contributed by atoms with Gasteiger partial charge >= 0.3 is 5.97 Å². The van der Waals surface area contributed by atoms with Crippen LogP contribution in [0.3, 0.4) is 0 Å². The second-order valence-electron chi connectivity index (χ2n) is 6.67. The van der Waals surface area contributed by atoms with Gasteiger partial charge in [0.1, 0.15) is 5.52 Å². The third-order valence-corrected chi connectivity index (χ3v) is 4.57. The van der Waals surface area contributed by atoms with E-state index < -0.39 is 5.97 Å². The average Bonchev–Trinajstić information content (AvgIpc) is 3.17. The monoisotopic (exact) mass is 400 g/mol. The highest BCUT2D eigenvalue weighted by molar-refractivity contribution is 6.04. The lowest BCUT2D eigenvalue weighted by Gasteiger charge is -2.08. The number of hydrogen-bond donors (Lipinski definition) is 1. The SMILES string of the molecule is CCOC(=O)c1cccc(NC(=O)c2ccc(Cn3cnc4cccnc43)cc2)c1. The first-order chi connectivity index (χ1) is 14.6.